The minimum absolute atomic E-state index is 0.218. The molecule has 0 heterocycles. The molecule has 0 amide bonds. The molecule has 7 heteroatoms. The molecule has 1 aromatic rings. The van der Waals surface area contributed by atoms with Crippen molar-refractivity contribution in [3.05, 3.63) is 29.6 Å². The first-order valence-electron chi connectivity index (χ1n) is 6.79. The molecule has 5 nitrogen and oxygen atoms in total. The van der Waals surface area contributed by atoms with Crippen molar-refractivity contribution in [2.24, 2.45) is 0 Å². The topological polar surface area (TPSA) is 67.4 Å². The first kappa shape index (κ1) is 18.0. The summed E-state index contributed by atoms with van der Waals surface area (Å²) in [6.45, 7) is 6.32. The predicted molar refractivity (Wildman–Crippen MR) is 80.0 cm³/mol. The van der Waals surface area contributed by atoms with Gasteiger partial charge in [-0.3, -0.25) is 0 Å². The van der Waals surface area contributed by atoms with Gasteiger partial charge in [-0.05, 0) is 24.6 Å². The van der Waals surface area contributed by atoms with Crippen LogP contribution in [0, 0.1) is 5.82 Å². The molecule has 2 N–H and O–H groups in total. The van der Waals surface area contributed by atoms with Crippen LogP contribution in [0.5, 0.6) is 0 Å². The van der Waals surface area contributed by atoms with E-state index < -0.39 is 21.9 Å². The molecule has 0 aliphatic carbocycles. The maximum atomic E-state index is 13.8. The van der Waals surface area contributed by atoms with E-state index in [1.54, 1.807) is 13.0 Å². The Kier molecular flexibility index (Phi) is 6.73. The normalized spacial score (nSPS) is 13.6. The fraction of sp³-hybridized carbons (Fsp3) is 0.571. The fourth-order valence-electron chi connectivity index (χ4n) is 1.80. The lowest BCUT2D eigenvalue weighted by Crippen LogP contribution is -2.36. The number of hydrogen-bond donors (Lipinski definition) is 2. The van der Waals surface area contributed by atoms with Gasteiger partial charge in [0.2, 0.25) is 10.0 Å². The lowest BCUT2D eigenvalue weighted by Gasteiger charge is -2.15. The van der Waals surface area contributed by atoms with E-state index in [4.69, 9.17) is 4.74 Å². The van der Waals surface area contributed by atoms with Crippen molar-refractivity contribution in [3.8, 4) is 0 Å². The second kappa shape index (κ2) is 7.84. The van der Waals surface area contributed by atoms with Crippen LogP contribution in [0.4, 0.5) is 4.39 Å². The van der Waals surface area contributed by atoms with Crippen LogP contribution in [0.2, 0.25) is 0 Å². The van der Waals surface area contributed by atoms with Crippen LogP contribution in [0.25, 0.3) is 0 Å². The van der Waals surface area contributed by atoms with Gasteiger partial charge in [0.1, 0.15) is 10.7 Å². The molecule has 120 valence electrons. The number of nitrogens with one attached hydrogen (secondary N) is 2. The Labute approximate surface area is 125 Å². The molecule has 1 atom stereocenters. The van der Waals surface area contributed by atoms with E-state index in [1.165, 1.54) is 19.2 Å². The Morgan fingerprint density at radius 3 is 2.52 bits per heavy atom. The number of rotatable bonds is 8. The third-order valence-electron chi connectivity index (χ3n) is 2.77. The molecule has 0 aliphatic heterocycles. The van der Waals surface area contributed by atoms with Crippen LogP contribution in [-0.4, -0.2) is 34.2 Å². The Morgan fingerprint density at radius 1 is 1.29 bits per heavy atom. The maximum Gasteiger partial charge on any atom is 0.243 e. The average molecular weight is 318 g/mol. The van der Waals surface area contributed by atoms with Gasteiger partial charge in [-0.25, -0.2) is 17.5 Å². The standard InChI is InChI=1S/C14H23FN2O3S/c1-10(2)16-8-12-5-6-13(15)14(7-12)21(18,19)17-11(3)9-20-4/h5-7,10-11,16-17H,8-9H2,1-4H3. The summed E-state index contributed by atoms with van der Waals surface area (Å²) < 4.78 is 45.5. The zero-order valence-electron chi connectivity index (χ0n) is 12.8. The molecule has 1 aromatic carbocycles. The van der Waals surface area contributed by atoms with E-state index in [-0.39, 0.29) is 17.5 Å². The lowest BCUT2D eigenvalue weighted by molar-refractivity contribution is 0.180. The largest absolute Gasteiger partial charge is 0.383 e. The van der Waals surface area contributed by atoms with Crippen molar-refractivity contribution >= 4 is 10.0 Å². The predicted octanol–water partition coefficient (Wildman–Crippen LogP) is 1.64. The van der Waals surface area contributed by atoms with E-state index in [2.05, 4.69) is 10.0 Å². The summed E-state index contributed by atoms with van der Waals surface area (Å²) in [5, 5.41) is 3.16. The van der Waals surface area contributed by atoms with Crippen LogP contribution >= 0.6 is 0 Å². The number of benzene rings is 1. The lowest BCUT2D eigenvalue weighted by atomic mass is 10.2. The highest BCUT2D eigenvalue weighted by Crippen LogP contribution is 2.17. The maximum absolute atomic E-state index is 13.8. The summed E-state index contributed by atoms with van der Waals surface area (Å²) in [7, 11) is -2.43. The summed E-state index contributed by atoms with van der Waals surface area (Å²) in [6, 6.07) is 3.92. The first-order valence-corrected chi connectivity index (χ1v) is 8.27. The van der Waals surface area contributed by atoms with Crippen LogP contribution in [-0.2, 0) is 21.3 Å². The monoisotopic (exact) mass is 318 g/mol. The highest BCUT2D eigenvalue weighted by molar-refractivity contribution is 7.89. The Hall–Kier alpha value is -1.02. The minimum Gasteiger partial charge on any atom is -0.383 e. The summed E-state index contributed by atoms with van der Waals surface area (Å²) in [5.41, 5.74) is 0.713. The van der Waals surface area contributed by atoms with Gasteiger partial charge < -0.3 is 10.1 Å². The average Bonchev–Trinajstić information content (AvgIpc) is 2.37. The number of halogens is 1. The van der Waals surface area contributed by atoms with Crippen molar-refractivity contribution in [1.29, 1.82) is 0 Å². The van der Waals surface area contributed by atoms with Gasteiger partial charge in [0, 0.05) is 25.7 Å². The highest BCUT2D eigenvalue weighted by atomic mass is 32.2. The molecule has 0 fully saturated rings. The van der Waals surface area contributed by atoms with Crippen molar-refractivity contribution in [3.63, 3.8) is 0 Å². The molecular weight excluding hydrogens is 295 g/mol. The minimum atomic E-state index is -3.91. The Bertz CT molecular complexity index is 561. The third kappa shape index (κ3) is 5.70. The number of methoxy groups -OCH3 is 1. The van der Waals surface area contributed by atoms with Gasteiger partial charge in [-0.2, -0.15) is 0 Å². The summed E-state index contributed by atoms with van der Waals surface area (Å²) >= 11 is 0. The quantitative estimate of drug-likeness (QED) is 0.764. The second-order valence-electron chi connectivity index (χ2n) is 5.28. The zero-order chi connectivity index (χ0) is 16.0. The summed E-state index contributed by atoms with van der Waals surface area (Å²) in [5.74, 6) is -0.764. The van der Waals surface area contributed by atoms with E-state index in [0.29, 0.717) is 12.1 Å². The van der Waals surface area contributed by atoms with Gasteiger partial charge in [0.25, 0.3) is 0 Å². The van der Waals surface area contributed by atoms with E-state index >= 15 is 0 Å². The SMILES string of the molecule is COCC(C)NS(=O)(=O)c1cc(CNC(C)C)ccc1F. The summed E-state index contributed by atoms with van der Waals surface area (Å²) in [6.07, 6.45) is 0. The number of sulfonamides is 1. The molecule has 0 aromatic heterocycles. The van der Waals surface area contributed by atoms with E-state index in [0.717, 1.165) is 0 Å². The molecule has 1 unspecified atom stereocenters. The third-order valence-corrected chi connectivity index (χ3v) is 4.38. The highest BCUT2D eigenvalue weighted by Gasteiger charge is 2.21. The molecule has 0 bridgehead atoms. The molecule has 1 rings (SSSR count). The molecule has 0 spiro atoms. The Balaban J connectivity index is 2.96. The second-order valence-corrected chi connectivity index (χ2v) is 6.96. The van der Waals surface area contributed by atoms with Gasteiger partial charge >= 0.3 is 0 Å². The Morgan fingerprint density at radius 2 is 1.95 bits per heavy atom. The molecule has 0 aliphatic rings. The van der Waals surface area contributed by atoms with Gasteiger partial charge in [0.05, 0.1) is 6.61 Å². The van der Waals surface area contributed by atoms with Crippen LogP contribution < -0.4 is 10.0 Å². The zero-order valence-corrected chi connectivity index (χ0v) is 13.6. The first-order chi connectivity index (χ1) is 9.76. The van der Waals surface area contributed by atoms with E-state index in [9.17, 15) is 12.8 Å². The molecule has 0 saturated heterocycles. The van der Waals surface area contributed by atoms with Crippen molar-refractivity contribution in [2.45, 2.75) is 44.3 Å². The van der Waals surface area contributed by atoms with Crippen LogP contribution in [0.1, 0.15) is 26.3 Å². The summed E-state index contributed by atoms with van der Waals surface area (Å²) in [4.78, 5) is -0.339. The van der Waals surface area contributed by atoms with Gasteiger partial charge in [0.15, 0.2) is 0 Å². The van der Waals surface area contributed by atoms with Crippen LogP contribution in [0.15, 0.2) is 23.1 Å². The molecule has 0 radical (unpaired) electrons. The fourth-order valence-corrected chi connectivity index (χ4v) is 3.15. The molecule has 0 saturated carbocycles. The smallest absolute Gasteiger partial charge is 0.243 e. The number of hydrogen-bond acceptors (Lipinski definition) is 4. The van der Waals surface area contributed by atoms with Gasteiger partial charge in [-0.15, -0.1) is 0 Å². The van der Waals surface area contributed by atoms with Crippen molar-refractivity contribution in [1.82, 2.24) is 10.0 Å². The van der Waals surface area contributed by atoms with Crippen molar-refractivity contribution in [2.75, 3.05) is 13.7 Å². The van der Waals surface area contributed by atoms with Crippen molar-refractivity contribution < 1.29 is 17.5 Å². The van der Waals surface area contributed by atoms with Gasteiger partial charge in [-0.1, -0.05) is 19.9 Å². The van der Waals surface area contributed by atoms with E-state index in [1.807, 2.05) is 13.8 Å². The van der Waals surface area contributed by atoms with Crippen LogP contribution in [0.3, 0.4) is 0 Å². The molecule has 21 heavy (non-hydrogen) atoms. The molecular formula is C14H23FN2O3S. The number of ether oxygens (including phenoxy) is 1.